The molecule has 4 rings (SSSR count). The Balaban J connectivity index is 0.000000383. The van der Waals surface area contributed by atoms with Crippen LogP contribution in [-0.4, -0.2) is 84.0 Å². The molecule has 0 saturated carbocycles. The van der Waals surface area contributed by atoms with Gasteiger partial charge in [-0.05, 0) is 70.3 Å². The second kappa shape index (κ2) is 10.7. The van der Waals surface area contributed by atoms with Crippen LogP contribution in [0.25, 0.3) is 0 Å². The van der Waals surface area contributed by atoms with Crippen molar-refractivity contribution in [3.8, 4) is 5.75 Å². The van der Waals surface area contributed by atoms with Gasteiger partial charge in [-0.15, -0.1) is 0 Å². The Morgan fingerprint density at radius 1 is 1.24 bits per heavy atom. The minimum absolute atomic E-state index is 0.0929. The van der Waals surface area contributed by atoms with Crippen molar-refractivity contribution < 1.29 is 37.3 Å². The van der Waals surface area contributed by atoms with Crippen LogP contribution in [0.2, 0.25) is 0 Å². The summed E-state index contributed by atoms with van der Waals surface area (Å²) in [4.78, 5) is 26.5. The molecule has 10 heteroatoms. The summed E-state index contributed by atoms with van der Waals surface area (Å²) in [6.07, 6.45) is 0.715. The molecule has 3 heterocycles. The van der Waals surface area contributed by atoms with Crippen LogP contribution in [0.15, 0.2) is 24.3 Å². The number of carboxylic acids is 1. The molecule has 1 spiro atoms. The zero-order chi connectivity index (χ0) is 24.1. The molecule has 184 valence electrons. The minimum Gasteiger partial charge on any atom is -0.494 e. The highest BCUT2D eigenvalue weighted by Crippen LogP contribution is 2.37. The first-order chi connectivity index (χ1) is 15.6. The van der Waals surface area contributed by atoms with Gasteiger partial charge in [-0.1, -0.05) is 6.07 Å². The van der Waals surface area contributed by atoms with Gasteiger partial charge in [-0.2, -0.15) is 13.2 Å². The number of ether oxygens (including phenoxy) is 2. The number of amides is 1. The fourth-order valence-electron chi connectivity index (χ4n) is 4.79. The third-order valence-electron chi connectivity index (χ3n) is 6.36. The monoisotopic (exact) mass is 472 g/mol. The Labute approximate surface area is 191 Å². The molecule has 0 unspecified atom stereocenters. The first-order valence-electron chi connectivity index (χ1n) is 11.3. The van der Waals surface area contributed by atoms with Gasteiger partial charge in [-0.25, -0.2) is 4.79 Å². The number of aliphatic carboxylic acids is 1. The van der Waals surface area contributed by atoms with E-state index >= 15 is 0 Å². The molecule has 0 radical (unpaired) electrons. The smallest absolute Gasteiger partial charge is 0.490 e. The first kappa shape index (κ1) is 25.3. The van der Waals surface area contributed by atoms with Crippen molar-refractivity contribution in [3.05, 3.63) is 29.8 Å². The highest BCUT2D eigenvalue weighted by molar-refractivity contribution is 5.94. The van der Waals surface area contributed by atoms with E-state index in [9.17, 15) is 18.0 Å². The van der Waals surface area contributed by atoms with E-state index in [1.165, 1.54) is 25.9 Å². The summed E-state index contributed by atoms with van der Waals surface area (Å²) in [5, 5.41) is 7.12. The van der Waals surface area contributed by atoms with Gasteiger partial charge < -0.3 is 24.4 Å². The van der Waals surface area contributed by atoms with E-state index in [0.717, 1.165) is 44.7 Å². The SMILES string of the molecule is CCOc1cccc(C(=O)N2CC[C@@]3(C[C@H](N4CCCC4)CCO3)C2)c1.O=C(O)C(F)(F)F. The van der Waals surface area contributed by atoms with E-state index in [1.807, 2.05) is 36.1 Å². The highest BCUT2D eigenvalue weighted by Gasteiger charge is 2.46. The average molecular weight is 473 g/mol. The van der Waals surface area contributed by atoms with Crippen molar-refractivity contribution in [3.63, 3.8) is 0 Å². The van der Waals surface area contributed by atoms with E-state index < -0.39 is 12.1 Å². The molecule has 3 aliphatic heterocycles. The Morgan fingerprint density at radius 2 is 1.94 bits per heavy atom. The van der Waals surface area contributed by atoms with E-state index in [1.54, 1.807) is 0 Å². The lowest BCUT2D eigenvalue weighted by molar-refractivity contribution is -0.192. The van der Waals surface area contributed by atoms with E-state index in [-0.39, 0.29) is 11.5 Å². The number of carboxylic acid groups (broad SMARTS) is 1. The average Bonchev–Trinajstić information content (AvgIpc) is 3.44. The predicted molar refractivity (Wildman–Crippen MR) is 114 cm³/mol. The van der Waals surface area contributed by atoms with Crippen LogP contribution < -0.4 is 4.74 Å². The number of alkyl halides is 3. The van der Waals surface area contributed by atoms with Crippen molar-refractivity contribution in [2.24, 2.45) is 0 Å². The van der Waals surface area contributed by atoms with Crippen LogP contribution in [0.1, 0.15) is 49.4 Å². The molecule has 1 aromatic rings. The van der Waals surface area contributed by atoms with Crippen LogP contribution in [0.5, 0.6) is 5.75 Å². The van der Waals surface area contributed by atoms with Crippen molar-refractivity contribution in [2.45, 2.75) is 56.8 Å². The molecule has 3 saturated heterocycles. The normalized spacial score (nSPS) is 25.6. The molecule has 0 aliphatic carbocycles. The number of benzene rings is 1. The standard InChI is InChI=1S/C21H30N2O3.C2HF3O2/c1-2-25-19-7-5-6-17(14-19)20(24)23-12-9-21(16-23)15-18(8-13-26-21)22-10-3-4-11-22;3-2(4,5)1(6)7/h5-7,14,18H,2-4,8-13,15-16H2,1H3;(H,6,7)/t18-,21-;/m1./s1. The second-order valence-corrected chi connectivity index (χ2v) is 8.66. The van der Waals surface area contributed by atoms with Gasteiger partial charge in [0.1, 0.15) is 5.75 Å². The predicted octanol–water partition coefficient (Wildman–Crippen LogP) is 3.58. The molecule has 2 atom stereocenters. The van der Waals surface area contributed by atoms with Crippen LogP contribution >= 0.6 is 0 Å². The Kier molecular flexibility index (Phi) is 8.23. The molecule has 33 heavy (non-hydrogen) atoms. The van der Waals surface area contributed by atoms with E-state index in [0.29, 0.717) is 18.2 Å². The van der Waals surface area contributed by atoms with Gasteiger partial charge in [0.2, 0.25) is 0 Å². The summed E-state index contributed by atoms with van der Waals surface area (Å²) in [5.74, 6) is -1.90. The Morgan fingerprint density at radius 3 is 2.58 bits per heavy atom. The lowest BCUT2D eigenvalue weighted by atomic mass is 9.89. The van der Waals surface area contributed by atoms with Gasteiger partial charge in [0.05, 0.1) is 18.8 Å². The number of nitrogens with zero attached hydrogens (tertiary/aromatic N) is 2. The number of halogens is 3. The summed E-state index contributed by atoms with van der Waals surface area (Å²) >= 11 is 0. The van der Waals surface area contributed by atoms with E-state index in [4.69, 9.17) is 19.4 Å². The van der Waals surface area contributed by atoms with Gasteiger partial charge in [0.15, 0.2) is 0 Å². The van der Waals surface area contributed by atoms with Crippen LogP contribution in [-0.2, 0) is 9.53 Å². The maximum atomic E-state index is 13.0. The molecular formula is C23H31F3N2O5. The summed E-state index contributed by atoms with van der Waals surface area (Å²) in [5.41, 5.74) is 0.568. The molecule has 7 nitrogen and oxygen atoms in total. The number of hydrogen-bond acceptors (Lipinski definition) is 5. The summed E-state index contributed by atoms with van der Waals surface area (Å²) < 4.78 is 43.5. The Bertz CT molecular complexity index is 829. The van der Waals surface area contributed by atoms with Gasteiger partial charge >= 0.3 is 12.1 Å². The van der Waals surface area contributed by atoms with Crippen molar-refractivity contribution >= 4 is 11.9 Å². The third kappa shape index (κ3) is 6.60. The topological polar surface area (TPSA) is 79.3 Å². The molecular weight excluding hydrogens is 441 g/mol. The van der Waals surface area contributed by atoms with Crippen molar-refractivity contribution in [1.82, 2.24) is 9.80 Å². The van der Waals surface area contributed by atoms with Gasteiger partial charge in [-0.3, -0.25) is 4.79 Å². The number of hydrogen-bond donors (Lipinski definition) is 1. The van der Waals surface area contributed by atoms with Crippen LogP contribution in [0, 0.1) is 0 Å². The van der Waals surface area contributed by atoms with Crippen molar-refractivity contribution in [1.29, 1.82) is 0 Å². The highest BCUT2D eigenvalue weighted by atomic mass is 19.4. The second-order valence-electron chi connectivity index (χ2n) is 8.66. The quantitative estimate of drug-likeness (QED) is 0.722. The largest absolute Gasteiger partial charge is 0.494 e. The zero-order valence-corrected chi connectivity index (χ0v) is 18.8. The number of likely N-dealkylation sites (tertiary alicyclic amines) is 2. The minimum atomic E-state index is -5.08. The van der Waals surface area contributed by atoms with E-state index in [2.05, 4.69) is 4.90 Å². The van der Waals surface area contributed by atoms with Crippen molar-refractivity contribution in [2.75, 3.05) is 39.4 Å². The molecule has 0 bridgehead atoms. The molecule has 1 N–H and O–H groups in total. The molecule has 3 fully saturated rings. The molecule has 1 amide bonds. The molecule has 3 aliphatic rings. The maximum Gasteiger partial charge on any atom is 0.490 e. The fourth-order valence-corrected chi connectivity index (χ4v) is 4.79. The van der Waals surface area contributed by atoms with Gasteiger partial charge in [0, 0.05) is 24.8 Å². The fraction of sp³-hybridized carbons (Fsp3) is 0.652. The lowest BCUT2D eigenvalue weighted by Crippen LogP contribution is -2.49. The maximum absolute atomic E-state index is 13.0. The Hall–Kier alpha value is -2.33. The molecule has 0 aromatic heterocycles. The van der Waals surface area contributed by atoms with Crippen LogP contribution in [0.3, 0.4) is 0 Å². The third-order valence-corrected chi connectivity index (χ3v) is 6.36. The summed E-state index contributed by atoms with van der Waals surface area (Å²) in [6, 6.07) is 8.15. The number of carbonyl (C=O) groups is 2. The zero-order valence-electron chi connectivity index (χ0n) is 18.8. The first-order valence-corrected chi connectivity index (χ1v) is 11.3. The summed E-state index contributed by atoms with van der Waals surface area (Å²) in [7, 11) is 0. The lowest BCUT2D eigenvalue weighted by Gasteiger charge is -2.41. The van der Waals surface area contributed by atoms with Gasteiger partial charge in [0.25, 0.3) is 5.91 Å². The number of rotatable bonds is 4. The molecule has 1 aromatic carbocycles. The summed E-state index contributed by atoms with van der Waals surface area (Å²) in [6.45, 7) is 7.34. The number of carbonyl (C=O) groups excluding carboxylic acids is 1. The van der Waals surface area contributed by atoms with Crippen LogP contribution in [0.4, 0.5) is 13.2 Å².